The van der Waals surface area contributed by atoms with Gasteiger partial charge in [-0.15, -0.1) is 0 Å². The Balaban J connectivity index is 2.05. The number of benzene rings is 2. The molecule has 1 unspecified atom stereocenters. The average molecular weight is 410 g/mol. The van der Waals surface area contributed by atoms with Crippen LogP contribution in [-0.2, 0) is 27.4 Å². The van der Waals surface area contributed by atoms with Crippen LogP contribution in [0, 0.1) is 0 Å². The molecular weight excluding hydrogens is 393 g/mol. The number of rotatable bonds is 4. The Morgan fingerprint density at radius 3 is 2.57 bits per heavy atom. The fourth-order valence-corrected chi connectivity index (χ4v) is 4.69. The lowest BCUT2D eigenvalue weighted by atomic mass is 10.00. The summed E-state index contributed by atoms with van der Waals surface area (Å²) in [6.45, 7) is 3.27. The molecule has 0 aromatic heterocycles. The first-order chi connectivity index (χ1) is 13.1. The smallest absolute Gasteiger partial charge is 0.348 e. The fraction of sp³-hybridized carbons (Fsp3) is 0.211. The summed E-state index contributed by atoms with van der Waals surface area (Å²) in [6.07, 6.45) is -3.19. The molecule has 148 valence electrons. The topological polar surface area (TPSA) is 66.5 Å². The maximum Gasteiger partial charge on any atom is 0.416 e. The zero-order chi connectivity index (χ0) is 20.5. The molecule has 9 heteroatoms. The molecule has 1 N–H and O–H groups in total. The third kappa shape index (κ3) is 3.89. The Morgan fingerprint density at radius 2 is 1.89 bits per heavy atom. The number of fused-ring (bicyclic) bond motifs is 1. The van der Waals surface area contributed by atoms with Gasteiger partial charge in [0.25, 0.3) is 10.0 Å². The Bertz CT molecular complexity index is 1020. The van der Waals surface area contributed by atoms with Crippen LogP contribution in [0.25, 0.3) is 0 Å². The molecule has 1 amide bonds. The van der Waals surface area contributed by atoms with E-state index in [4.69, 9.17) is 0 Å². The van der Waals surface area contributed by atoms with E-state index in [0.717, 1.165) is 28.6 Å². The number of nitrogens with zero attached hydrogens (tertiary/aromatic N) is 1. The highest BCUT2D eigenvalue weighted by Gasteiger charge is 2.36. The molecule has 1 aliphatic heterocycles. The lowest BCUT2D eigenvalue weighted by molar-refractivity contribution is -0.137. The molecule has 0 saturated heterocycles. The summed E-state index contributed by atoms with van der Waals surface area (Å²) in [5.41, 5.74) is -0.00180. The molecule has 0 radical (unpaired) electrons. The summed E-state index contributed by atoms with van der Waals surface area (Å²) >= 11 is 0. The van der Waals surface area contributed by atoms with E-state index in [-0.39, 0.29) is 6.54 Å². The Kier molecular flexibility index (Phi) is 5.20. The molecule has 0 aliphatic carbocycles. The lowest BCUT2D eigenvalue weighted by Gasteiger charge is -2.35. The summed E-state index contributed by atoms with van der Waals surface area (Å²) in [4.78, 5) is 11.2. The van der Waals surface area contributed by atoms with Crippen LogP contribution in [0.1, 0.15) is 11.1 Å². The van der Waals surface area contributed by atoms with E-state index in [2.05, 4.69) is 11.9 Å². The van der Waals surface area contributed by atoms with Crippen molar-refractivity contribution in [2.75, 3.05) is 10.8 Å². The number of halogens is 3. The summed E-state index contributed by atoms with van der Waals surface area (Å²) < 4.78 is 66.4. The SMILES string of the molecule is C=CC(=O)NC1Cc2ccccc2N(S(=O)(=O)c2cccc(C(F)(F)F)c2)C1. The Morgan fingerprint density at radius 1 is 1.18 bits per heavy atom. The van der Waals surface area contributed by atoms with E-state index in [1.54, 1.807) is 24.3 Å². The number of hydrogen-bond acceptors (Lipinski definition) is 3. The van der Waals surface area contributed by atoms with Gasteiger partial charge < -0.3 is 5.32 Å². The van der Waals surface area contributed by atoms with Gasteiger partial charge in [0.1, 0.15) is 0 Å². The third-order valence-electron chi connectivity index (χ3n) is 4.39. The highest BCUT2D eigenvalue weighted by Crippen LogP contribution is 2.34. The van der Waals surface area contributed by atoms with Gasteiger partial charge in [0.15, 0.2) is 0 Å². The van der Waals surface area contributed by atoms with E-state index in [1.165, 1.54) is 0 Å². The van der Waals surface area contributed by atoms with Crippen molar-refractivity contribution >= 4 is 21.6 Å². The quantitative estimate of drug-likeness (QED) is 0.788. The second-order valence-corrected chi connectivity index (χ2v) is 8.17. The highest BCUT2D eigenvalue weighted by molar-refractivity contribution is 7.92. The van der Waals surface area contributed by atoms with Crippen LogP contribution >= 0.6 is 0 Å². The van der Waals surface area contributed by atoms with Crippen molar-refractivity contribution in [1.82, 2.24) is 5.32 Å². The lowest BCUT2D eigenvalue weighted by Crippen LogP contribution is -2.49. The van der Waals surface area contributed by atoms with Crippen LogP contribution in [0.5, 0.6) is 0 Å². The minimum Gasteiger partial charge on any atom is -0.348 e. The predicted molar refractivity (Wildman–Crippen MR) is 98.2 cm³/mol. The molecule has 0 spiro atoms. The number of anilines is 1. The van der Waals surface area contributed by atoms with E-state index >= 15 is 0 Å². The van der Waals surface area contributed by atoms with E-state index < -0.39 is 38.6 Å². The number of carbonyl (C=O) groups is 1. The fourth-order valence-electron chi connectivity index (χ4n) is 3.10. The number of alkyl halides is 3. The Labute approximate surface area is 160 Å². The van der Waals surface area contributed by atoms with Gasteiger partial charge in [-0.3, -0.25) is 9.10 Å². The highest BCUT2D eigenvalue weighted by atomic mass is 32.2. The second kappa shape index (κ2) is 7.31. The molecule has 1 atom stereocenters. The first-order valence-electron chi connectivity index (χ1n) is 8.34. The van der Waals surface area contributed by atoms with Crippen LogP contribution in [0.15, 0.2) is 66.1 Å². The van der Waals surface area contributed by atoms with E-state index in [1.807, 2.05) is 0 Å². The number of nitrogens with one attached hydrogen (secondary N) is 1. The standard InChI is InChI=1S/C19H17F3N2O3S/c1-2-18(25)23-15-10-13-6-3-4-9-17(13)24(12-15)28(26,27)16-8-5-7-14(11-16)19(20,21)22/h2-9,11,15H,1,10,12H2,(H,23,25). The van der Waals surface area contributed by atoms with Crippen molar-refractivity contribution in [3.05, 3.63) is 72.3 Å². The molecule has 2 aromatic carbocycles. The molecule has 28 heavy (non-hydrogen) atoms. The van der Waals surface area contributed by atoms with Crippen molar-refractivity contribution in [1.29, 1.82) is 0 Å². The number of amides is 1. The van der Waals surface area contributed by atoms with E-state index in [0.29, 0.717) is 23.7 Å². The van der Waals surface area contributed by atoms with Gasteiger partial charge in [-0.2, -0.15) is 13.2 Å². The summed E-state index contributed by atoms with van der Waals surface area (Å²) in [6, 6.07) is 9.76. The molecule has 2 aromatic rings. The maximum absolute atomic E-state index is 13.2. The first-order valence-corrected chi connectivity index (χ1v) is 9.78. The monoisotopic (exact) mass is 410 g/mol. The number of hydrogen-bond donors (Lipinski definition) is 1. The molecule has 0 saturated carbocycles. The van der Waals surface area contributed by atoms with Crippen molar-refractivity contribution in [3.63, 3.8) is 0 Å². The van der Waals surface area contributed by atoms with Gasteiger partial charge in [-0.05, 0) is 42.3 Å². The van der Waals surface area contributed by atoms with Crippen molar-refractivity contribution < 1.29 is 26.4 Å². The summed E-state index contributed by atoms with van der Waals surface area (Å²) in [5.74, 6) is -0.458. The second-order valence-electron chi connectivity index (χ2n) is 6.30. The van der Waals surface area contributed by atoms with Crippen LogP contribution < -0.4 is 9.62 Å². The van der Waals surface area contributed by atoms with Gasteiger partial charge in [0, 0.05) is 0 Å². The van der Waals surface area contributed by atoms with Gasteiger partial charge in [0.05, 0.1) is 28.7 Å². The molecule has 0 bridgehead atoms. The minimum absolute atomic E-state index is 0.102. The van der Waals surface area contributed by atoms with Gasteiger partial charge in [0.2, 0.25) is 5.91 Å². The normalized spacial score (nSPS) is 17.0. The molecule has 1 heterocycles. The molecule has 5 nitrogen and oxygen atoms in total. The zero-order valence-corrected chi connectivity index (χ0v) is 15.4. The molecule has 3 rings (SSSR count). The van der Waals surface area contributed by atoms with Crippen LogP contribution in [0.2, 0.25) is 0 Å². The first kappa shape index (κ1) is 19.9. The maximum atomic E-state index is 13.2. The molecule has 1 aliphatic rings. The summed E-state index contributed by atoms with van der Waals surface area (Å²) in [5, 5.41) is 2.66. The van der Waals surface area contributed by atoms with Crippen molar-refractivity contribution in [2.24, 2.45) is 0 Å². The zero-order valence-electron chi connectivity index (χ0n) is 14.6. The van der Waals surface area contributed by atoms with Crippen molar-refractivity contribution in [3.8, 4) is 0 Å². The third-order valence-corrected chi connectivity index (χ3v) is 6.17. The minimum atomic E-state index is -4.66. The van der Waals surface area contributed by atoms with Crippen LogP contribution in [0.3, 0.4) is 0 Å². The number of carbonyl (C=O) groups excluding carboxylic acids is 1. The average Bonchev–Trinajstić information content (AvgIpc) is 2.66. The van der Waals surface area contributed by atoms with E-state index in [9.17, 15) is 26.4 Å². The largest absolute Gasteiger partial charge is 0.416 e. The predicted octanol–water partition coefficient (Wildman–Crippen LogP) is 3.13. The van der Waals surface area contributed by atoms with Gasteiger partial charge in [-0.25, -0.2) is 8.42 Å². The van der Waals surface area contributed by atoms with Crippen LogP contribution in [-0.4, -0.2) is 26.9 Å². The van der Waals surface area contributed by atoms with Gasteiger partial charge in [-0.1, -0.05) is 30.8 Å². The van der Waals surface area contributed by atoms with Gasteiger partial charge >= 0.3 is 6.18 Å². The Hall–Kier alpha value is -2.81. The number of sulfonamides is 1. The molecule has 0 fully saturated rings. The number of para-hydroxylation sites is 1. The molecular formula is C19H17F3N2O3S. The van der Waals surface area contributed by atoms with Crippen molar-refractivity contribution in [2.45, 2.75) is 23.5 Å². The van der Waals surface area contributed by atoms with Crippen LogP contribution in [0.4, 0.5) is 18.9 Å². The summed E-state index contributed by atoms with van der Waals surface area (Å²) in [7, 11) is -4.28.